The molecule has 4 aliphatic carbocycles. The number of benzene rings is 4. The normalized spacial score (nSPS) is 13.0. The second kappa shape index (κ2) is 43.5. The van der Waals surface area contributed by atoms with Crippen LogP contribution in [0.3, 0.4) is 0 Å². The molecular formula is C102H128N12O16. The van der Waals surface area contributed by atoms with E-state index in [9.17, 15) is 79.2 Å². The number of aromatic carboxylic acids is 4. The van der Waals surface area contributed by atoms with Crippen molar-refractivity contribution in [2.45, 2.75) is 246 Å². The summed E-state index contributed by atoms with van der Waals surface area (Å²) in [5.74, 6) is -7.31. The van der Waals surface area contributed by atoms with E-state index in [0.29, 0.717) is 70.7 Å². The second-order valence-electron chi connectivity index (χ2n) is 35.5. The summed E-state index contributed by atoms with van der Waals surface area (Å²) in [5, 5.41) is 98.0. The molecule has 130 heavy (non-hydrogen) atoms. The van der Waals surface area contributed by atoms with Crippen molar-refractivity contribution in [3.05, 3.63) is 204 Å². The molecule has 8 heterocycles. The average Bonchev–Trinajstić information content (AvgIpc) is 1.53. The van der Waals surface area contributed by atoms with Gasteiger partial charge in [0.05, 0.1) is 22.8 Å². The van der Waals surface area contributed by atoms with Gasteiger partial charge in [0.1, 0.15) is 23.0 Å². The minimum Gasteiger partial charge on any atom is -0.506 e. The lowest BCUT2D eigenvalue weighted by molar-refractivity contribution is 0.0680. The number of pyridine rings is 4. The van der Waals surface area contributed by atoms with Crippen molar-refractivity contribution in [3.8, 4) is 68.0 Å². The molecule has 0 unspecified atom stereocenters. The van der Waals surface area contributed by atoms with Crippen molar-refractivity contribution in [3.63, 3.8) is 0 Å². The van der Waals surface area contributed by atoms with Crippen molar-refractivity contribution >= 4 is 67.5 Å². The van der Waals surface area contributed by atoms with Crippen molar-refractivity contribution in [1.29, 1.82) is 0 Å². The maximum Gasteiger partial charge on any atom is 0.345 e. The first-order valence-electron chi connectivity index (χ1n) is 46.8. The number of aromatic hydroxyl groups is 4. The van der Waals surface area contributed by atoms with Crippen molar-refractivity contribution in [2.75, 3.05) is 26.2 Å². The van der Waals surface area contributed by atoms with Gasteiger partial charge in [-0.3, -0.25) is 19.2 Å². The van der Waals surface area contributed by atoms with Gasteiger partial charge in [0, 0.05) is 165 Å². The molecule has 4 aliphatic rings. The third-order valence-corrected chi connectivity index (χ3v) is 26.6. The summed E-state index contributed by atoms with van der Waals surface area (Å²) in [7, 11) is 8.29. The summed E-state index contributed by atoms with van der Waals surface area (Å²) >= 11 is 0. The number of carbonyl (C=O) groups is 4. The Morgan fingerprint density at radius 2 is 0.492 bits per heavy atom. The summed E-state index contributed by atoms with van der Waals surface area (Å²) in [6.07, 6.45) is 30.8. The minimum atomic E-state index is -1.42. The fraction of sp³-hybridized carbons (Fsp3) is 0.451. The van der Waals surface area contributed by atoms with Crippen LogP contribution in [0.15, 0.2) is 92.0 Å². The lowest BCUT2D eigenvalue weighted by Gasteiger charge is -2.13. The van der Waals surface area contributed by atoms with E-state index in [1.807, 2.05) is 6.07 Å². The van der Waals surface area contributed by atoms with E-state index in [1.54, 1.807) is 0 Å². The maximum atomic E-state index is 12.4. The molecule has 0 spiro atoms. The molecular weight excluding hydrogens is 1650 g/mol. The quantitative estimate of drug-likeness (QED) is 0.0167. The Kier molecular flexibility index (Phi) is 31.9. The van der Waals surface area contributed by atoms with Crippen LogP contribution < -0.4 is 43.5 Å². The molecule has 4 aromatic carbocycles. The van der Waals surface area contributed by atoms with Gasteiger partial charge in [-0.25, -0.2) is 19.2 Å². The standard InChI is InChI=1S/C27H35N3O4.C26H33N3O4.C25H31N3O4.C24H29N3O4/c1-3-4-5-6-7-8-12-28-16-19-13-18-14-21-17(15-22(18)30(19)2)10-9-11-20-24(21)29-26(32)23(25(20)31)27(33)34;1-3-4-5-6-7-11-27-15-18-12-17-13-20-16(14-21(17)29(18)2)9-8-10-19-23(20)28-25(31)22(24(19)30)26(32)33;1-3-4-5-6-10-26-14-17-11-16-12-19-15(13-20(16)28(17)2)8-7-9-18-22(19)27-24(30)21(23(18)29)25(31)32;1-3-4-5-9-25-13-16-10-15-11-18-14(12-19(15)27(16)2)7-6-8-17-21(18)26-23(29)20(22(17)28)24(30)31/h13-15,28H,3-12,16H2,1-2H3,(H,33,34)(H2,29,31,32);12-14,27H,3-11,15H2,1-2H3,(H,32,33)(H2,28,30,31);11-13,26H,3-10,14H2,1-2H3,(H,31,32)(H2,27,29,30);10-12,25H,3-9,13H2,1-2H3,(H,30,31)(H2,26,28,29). The molecule has 8 aromatic heterocycles. The number of hydrogen-bond donors (Lipinski definition) is 16. The van der Waals surface area contributed by atoms with E-state index >= 15 is 0 Å². The maximum absolute atomic E-state index is 12.4. The third-order valence-electron chi connectivity index (χ3n) is 26.6. The summed E-state index contributed by atoms with van der Waals surface area (Å²) in [4.78, 5) is 106. The first-order valence-corrected chi connectivity index (χ1v) is 46.8. The Balaban J connectivity index is 0.000000148. The molecule has 0 aliphatic heterocycles. The van der Waals surface area contributed by atoms with Crippen LogP contribution in [0.2, 0.25) is 0 Å². The highest BCUT2D eigenvalue weighted by Gasteiger charge is 2.32. The van der Waals surface area contributed by atoms with Gasteiger partial charge in [0.15, 0.2) is 22.3 Å². The van der Waals surface area contributed by atoms with Crippen LogP contribution in [0.4, 0.5) is 0 Å². The molecule has 0 atom stereocenters. The Morgan fingerprint density at radius 1 is 0.292 bits per heavy atom. The van der Waals surface area contributed by atoms with E-state index in [2.05, 4.69) is 182 Å². The molecule has 0 fully saturated rings. The predicted octanol–water partition coefficient (Wildman–Crippen LogP) is 17.2. The summed E-state index contributed by atoms with van der Waals surface area (Å²) in [5.41, 5.74) is 15.8. The number of nitrogens with one attached hydrogen (secondary N) is 8. The van der Waals surface area contributed by atoms with Gasteiger partial charge >= 0.3 is 23.9 Å². The Bertz CT molecular complexity index is 6460. The van der Waals surface area contributed by atoms with Crippen molar-refractivity contribution in [2.24, 2.45) is 28.2 Å². The Hall–Kier alpha value is -12.2. The largest absolute Gasteiger partial charge is 0.506 e. The average molecular weight is 1780 g/mol. The van der Waals surface area contributed by atoms with Gasteiger partial charge in [-0.1, -0.05) is 118 Å². The van der Waals surface area contributed by atoms with Crippen LogP contribution in [0, 0.1) is 0 Å². The number of carboxylic acids is 4. The predicted molar refractivity (Wildman–Crippen MR) is 511 cm³/mol. The SMILES string of the molecule is CCCCCCCCNCc1cc2cc3c(cc2n1C)CCCc1c-3[nH]c(=O)c(C(=O)O)c1O.CCCCCCCNCc1cc2cc3c(cc2n1C)CCCc1c-3[nH]c(=O)c(C(=O)O)c1O.CCCCCCNCc1cc2cc3c(cc2n1C)CCCc1c-3[nH]c(=O)c(C(=O)O)c1O.CCCCCNCc1cc2cc3c(cc2n1C)CCCc1c-3[nH]c(=O)c(C(=O)O)c1O. The number of H-pyrrole nitrogens is 4. The highest BCUT2D eigenvalue weighted by atomic mass is 16.4. The number of aryl methyl sites for hydroxylation is 8. The fourth-order valence-electron chi connectivity index (χ4n) is 19.3. The molecule has 0 saturated carbocycles. The van der Waals surface area contributed by atoms with Crippen LogP contribution in [0.5, 0.6) is 23.0 Å². The molecule has 0 amide bonds. The summed E-state index contributed by atoms with van der Waals surface area (Å²) < 4.78 is 8.82. The van der Waals surface area contributed by atoms with E-state index in [-0.39, 0.29) is 0 Å². The first-order chi connectivity index (χ1) is 62.7. The molecule has 0 bridgehead atoms. The summed E-state index contributed by atoms with van der Waals surface area (Å²) in [6.45, 7) is 16.0. The topological polar surface area (TPSA) is 429 Å². The number of fused-ring (bicyclic) bond motifs is 16. The summed E-state index contributed by atoms with van der Waals surface area (Å²) in [6, 6.07) is 25.5. The number of rotatable bonds is 34. The minimum absolute atomic E-state index is 0.410. The number of aromatic amines is 4. The third kappa shape index (κ3) is 21.0. The molecule has 28 heteroatoms. The van der Waals surface area contributed by atoms with Gasteiger partial charge in [0.2, 0.25) is 0 Å². The monoisotopic (exact) mass is 1780 g/mol. The van der Waals surface area contributed by atoms with Gasteiger partial charge < -0.3 is 100 Å². The molecule has 16 rings (SSSR count). The number of nitrogens with zero attached hydrogens (tertiary/aromatic N) is 4. The number of carboxylic acid groups (broad SMARTS) is 4. The highest BCUT2D eigenvalue weighted by molar-refractivity contribution is 5.98. The molecule has 12 aromatic rings. The molecule has 16 N–H and O–H groups in total. The van der Waals surface area contributed by atoms with Crippen LogP contribution in [0.25, 0.3) is 88.6 Å². The molecule has 0 saturated heterocycles. The fourth-order valence-corrected chi connectivity index (χ4v) is 19.3. The van der Waals surface area contributed by atoms with E-state index in [4.69, 9.17) is 0 Å². The van der Waals surface area contributed by atoms with E-state index < -0.39 is 91.4 Å². The first kappa shape index (κ1) is 95.3. The highest BCUT2D eigenvalue weighted by Crippen LogP contribution is 2.44. The number of aromatic nitrogens is 8. The van der Waals surface area contributed by atoms with Gasteiger partial charge in [-0.15, -0.1) is 0 Å². The van der Waals surface area contributed by atoms with Crippen molar-refractivity contribution in [1.82, 2.24) is 59.5 Å². The number of hydrogen-bond acceptors (Lipinski definition) is 16. The zero-order valence-corrected chi connectivity index (χ0v) is 76.4. The lowest BCUT2D eigenvalue weighted by atomic mass is 9.98. The molecule has 692 valence electrons. The van der Waals surface area contributed by atoms with Crippen molar-refractivity contribution < 1.29 is 60.0 Å². The zero-order valence-electron chi connectivity index (χ0n) is 76.4. The van der Waals surface area contributed by atoms with Gasteiger partial charge in [-0.2, -0.15) is 0 Å². The lowest BCUT2D eigenvalue weighted by Crippen LogP contribution is -2.20. The van der Waals surface area contributed by atoms with Crippen LogP contribution in [-0.4, -0.2) is 129 Å². The van der Waals surface area contributed by atoms with Crippen LogP contribution in [-0.2, 0) is 106 Å². The van der Waals surface area contributed by atoms with Crippen LogP contribution in [0.1, 0.15) is 278 Å². The van der Waals surface area contributed by atoms with Gasteiger partial charge in [0.25, 0.3) is 22.2 Å². The van der Waals surface area contributed by atoms with E-state index in [1.165, 1.54) is 138 Å². The second-order valence-corrected chi connectivity index (χ2v) is 35.5. The smallest absolute Gasteiger partial charge is 0.345 e. The van der Waals surface area contributed by atoms with Crippen LogP contribution >= 0.6 is 0 Å². The molecule has 0 radical (unpaired) electrons. The Morgan fingerprint density at radius 3 is 0.715 bits per heavy atom. The molecule has 28 nitrogen and oxygen atoms in total. The van der Waals surface area contributed by atoms with Gasteiger partial charge in [-0.05, 0) is 224 Å². The number of unbranched alkanes of at least 4 members (excludes halogenated alkanes) is 14. The zero-order chi connectivity index (χ0) is 92.7. The van der Waals surface area contributed by atoms with E-state index in [0.717, 1.165) is 192 Å². The Labute approximate surface area is 755 Å².